The van der Waals surface area contributed by atoms with Crippen molar-refractivity contribution in [3.8, 4) is 5.75 Å². The Morgan fingerprint density at radius 1 is 1.61 bits per heavy atom. The van der Waals surface area contributed by atoms with Crippen LogP contribution in [0.4, 0.5) is 0 Å². The summed E-state index contributed by atoms with van der Waals surface area (Å²) in [6.07, 6.45) is -0.402. The minimum absolute atomic E-state index is 0.322. The first-order valence-electron chi connectivity index (χ1n) is 5.91. The maximum atomic E-state index is 11.8. The molecular weight excluding hydrogens is 347 g/mol. The lowest BCUT2D eigenvalue weighted by atomic mass is 9.93. The zero-order valence-corrected chi connectivity index (χ0v) is 12.2. The van der Waals surface area contributed by atoms with Crippen molar-refractivity contribution in [3.63, 3.8) is 0 Å². The van der Waals surface area contributed by atoms with Crippen LogP contribution in [0.3, 0.4) is 0 Å². The maximum absolute atomic E-state index is 11.8. The number of rotatable bonds is 2. The van der Waals surface area contributed by atoms with Crippen molar-refractivity contribution in [2.75, 3.05) is 13.2 Å². The molecule has 2 unspecified atom stereocenters. The number of hydrogen-bond acceptors (Lipinski definition) is 4. The Bertz CT molecular complexity index is 447. The van der Waals surface area contributed by atoms with E-state index in [1.807, 2.05) is 12.1 Å². The molecule has 2 atom stereocenters. The number of aliphatic hydroxyl groups excluding tert-OH is 1. The summed E-state index contributed by atoms with van der Waals surface area (Å²) in [6, 6.07) is 5.55. The van der Waals surface area contributed by atoms with E-state index in [1.165, 1.54) is 0 Å². The molecule has 1 aromatic rings. The minimum Gasteiger partial charge on any atom is -0.492 e. The summed E-state index contributed by atoms with van der Waals surface area (Å²) in [6.45, 7) is 2.49. The van der Waals surface area contributed by atoms with Crippen LogP contribution in [-0.2, 0) is 9.53 Å². The van der Waals surface area contributed by atoms with Crippen molar-refractivity contribution in [1.82, 2.24) is 0 Å². The number of hydrogen-bond donors (Lipinski definition) is 1. The second kappa shape index (κ2) is 5.88. The van der Waals surface area contributed by atoms with Gasteiger partial charge in [-0.25, -0.2) is 0 Å². The second-order valence-corrected chi connectivity index (χ2v) is 5.26. The van der Waals surface area contributed by atoms with Crippen LogP contribution < -0.4 is 4.74 Å². The van der Waals surface area contributed by atoms with Crippen molar-refractivity contribution >= 4 is 28.6 Å². The molecule has 1 aliphatic rings. The summed E-state index contributed by atoms with van der Waals surface area (Å²) in [5.74, 6) is -0.234. The fourth-order valence-electron chi connectivity index (χ4n) is 2.07. The molecule has 2 rings (SSSR count). The summed E-state index contributed by atoms with van der Waals surface area (Å²) < 4.78 is 11.6. The molecule has 0 saturated carbocycles. The monoisotopic (exact) mass is 362 g/mol. The van der Waals surface area contributed by atoms with Crippen LogP contribution in [0.15, 0.2) is 18.2 Å². The van der Waals surface area contributed by atoms with Gasteiger partial charge in [-0.15, -0.1) is 0 Å². The molecule has 0 saturated heterocycles. The molecule has 1 aliphatic heterocycles. The van der Waals surface area contributed by atoms with Gasteiger partial charge in [-0.1, -0.05) is 12.1 Å². The molecule has 0 aliphatic carbocycles. The van der Waals surface area contributed by atoms with Crippen LogP contribution in [0, 0.1) is 9.49 Å². The van der Waals surface area contributed by atoms with Crippen molar-refractivity contribution in [2.45, 2.75) is 19.4 Å². The highest BCUT2D eigenvalue weighted by molar-refractivity contribution is 14.1. The van der Waals surface area contributed by atoms with Crippen LogP contribution in [-0.4, -0.2) is 24.3 Å². The van der Waals surface area contributed by atoms with Crippen molar-refractivity contribution in [2.24, 2.45) is 5.92 Å². The molecule has 0 fully saturated rings. The van der Waals surface area contributed by atoms with E-state index in [9.17, 15) is 9.90 Å². The Kier molecular flexibility index (Phi) is 4.45. The minimum atomic E-state index is -0.865. The zero-order chi connectivity index (χ0) is 13.1. The van der Waals surface area contributed by atoms with Crippen molar-refractivity contribution in [1.29, 1.82) is 0 Å². The summed E-state index contributed by atoms with van der Waals surface area (Å²) >= 11 is 2.16. The molecule has 5 heteroatoms. The second-order valence-electron chi connectivity index (χ2n) is 4.10. The summed E-state index contributed by atoms with van der Waals surface area (Å²) in [5, 5.41) is 10.3. The predicted molar refractivity (Wildman–Crippen MR) is 74.4 cm³/mol. The lowest BCUT2D eigenvalue weighted by Crippen LogP contribution is -2.24. The lowest BCUT2D eigenvalue weighted by molar-refractivity contribution is -0.152. The lowest BCUT2D eigenvalue weighted by Gasteiger charge is -2.19. The molecule has 0 bridgehead atoms. The van der Waals surface area contributed by atoms with Gasteiger partial charge in [0.05, 0.1) is 28.8 Å². The highest BCUT2D eigenvalue weighted by atomic mass is 127. The van der Waals surface area contributed by atoms with E-state index in [-0.39, 0.29) is 5.97 Å². The fraction of sp³-hybridized carbons (Fsp3) is 0.462. The third-order valence-electron chi connectivity index (χ3n) is 2.96. The van der Waals surface area contributed by atoms with Crippen molar-refractivity contribution in [3.05, 3.63) is 27.3 Å². The van der Waals surface area contributed by atoms with Crippen LogP contribution >= 0.6 is 22.6 Å². The van der Waals surface area contributed by atoms with Crippen LogP contribution in [0.5, 0.6) is 5.75 Å². The number of carbonyl (C=O) groups is 1. The highest BCUT2D eigenvalue weighted by Gasteiger charge is 2.34. The smallest absolute Gasteiger partial charge is 0.312 e. The van der Waals surface area contributed by atoms with E-state index >= 15 is 0 Å². The summed E-state index contributed by atoms with van der Waals surface area (Å²) in [7, 11) is 0. The number of halogens is 1. The summed E-state index contributed by atoms with van der Waals surface area (Å²) in [4.78, 5) is 11.8. The Labute approximate surface area is 119 Å². The molecule has 0 radical (unpaired) electrons. The van der Waals surface area contributed by atoms with Gasteiger partial charge in [0.25, 0.3) is 0 Å². The molecule has 98 valence electrons. The molecular formula is C13H15IO4. The standard InChI is InChI=1S/C13H15IO4/c1-2-17-13(16)9-6-7-18-12-8(11(9)15)4-3-5-10(12)14/h3-5,9,11,15H,2,6-7H2,1H3. The molecule has 0 amide bonds. The third kappa shape index (κ3) is 2.61. The van der Waals surface area contributed by atoms with Gasteiger partial charge in [-0.3, -0.25) is 4.79 Å². The number of ether oxygens (including phenoxy) is 2. The highest BCUT2D eigenvalue weighted by Crippen LogP contribution is 2.38. The van der Waals surface area contributed by atoms with Crippen LogP contribution in [0.2, 0.25) is 0 Å². The number of fused-ring (bicyclic) bond motifs is 1. The average Bonchev–Trinajstić information content (AvgIpc) is 2.51. The van der Waals surface area contributed by atoms with Crippen LogP contribution in [0.25, 0.3) is 0 Å². The largest absolute Gasteiger partial charge is 0.492 e. The Morgan fingerprint density at radius 3 is 3.11 bits per heavy atom. The first kappa shape index (κ1) is 13.6. The molecule has 1 N–H and O–H groups in total. The average molecular weight is 362 g/mol. The van der Waals surface area contributed by atoms with E-state index in [0.29, 0.717) is 30.9 Å². The SMILES string of the molecule is CCOC(=O)C1CCOc2c(I)cccc2C1O. The van der Waals surface area contributed by atoms with E-state index in [0.717, 1.165) is 3.57 Å². The first-order valence-corrected chi connectivity index (χ1v) is 6.99. The summed E-state index contributed by atoms with van der Waals surface area (Å²) in [5.41, 5.74) is 0.664. The predicted octanol–water partition coefficient (Wildman–Crippen LogP) is 2.29. The zero-order valence-electron chi connectivity index (χ0n) is 10.1. The Morgan fingerprint density at radius 2 is 2.39 bits per heavy atom. The molecule has 0 spiro atoms. The van der Waals surface area contributed by atoms with E-state index < -0.39 is 12.0 Å². The molecule has 1 aromatic carbocycles. The van der Waals surface area contributed by atoms with E-state index in [4.69, 9.17) is 9.47 Å². The number of carbonyl (C=O) groups excluding carboxylic acids is 1. The quantitative estimate of drug-likeness (QED) is 0.648. The first-order chi connectivity index (χ1) is 8.65. The van der Waals surface area contributed by atoms with Gasteiger partial charge in [0.2, 0.25) is 0 Å². The maximum Gasteiger partial charge on any atom is 0.312 e. The van der Waals surface area contributed by atoms with Gasteiger partial charge < -0.3 is 14.6 Å². The number of benzene rings is 1. The van der Waals surface area contributed by atoms with Crippen LogP contribution in [0.1, 0.15) is 25.0 Å². The molecule has 4 nitrogen and oxygen atoms in total. The van der Waals surface area contributed by atoms with Gasteiger partial charge in [-0.2, -0.15) is 0 Å². The fourth-order valence-corrected chi connectivity index (χ4v) is 2.74. The van der Waals surface area contributed by atoms with Gasteiger partial charge in [0.1, 0.15) is 5.75 Å². The Hall–Kier alpha value is -0.820. The van der Waals surface area contributed by atoms with E-state index in [1.54, 1.807) is 13.0 Å². The molecule has 1 heterocycles. The number of esters is 1. The van der Waals surface area contributed by atoms with Gasteiger partial charge >= 0.3 is 5.97 Å². The third-order valence-corrected chi connectivity index (χ3v) is 3.81. The van der Waals surface area contributed by atoms with Gasteiger partial charge in [0, 0.05) is 5.56 Å². The topological polar surface area (TPSA) is 55.8 Å². The normalized spacial score (nSPS) is 22.6. The van der Waals surface area contributed by atoms with E-state index in [2.05, 4.69) is 22.6 Å². The number of aliphatic hydroxyl groups is 1. The van der Waals surface area contributed by atoms with Gasteiger partial charge in [0.15, 0.2) is 0 Å². The molecule has 0 aromatic heterocycles. The van der Waals surface area contributed by atoms with Crippen molar-refractivity contribution < 1.29 is 19.4 Å². The molecule has 18 heavy (non-hydrogen) atoms. The van der Waals surface area contributed by atoms with Gasteiger partial charge in [-0.05, 0) is 42.0 Å². The number of para-hydroxylation sites is 1. The Balaban J connectivity index is 2.32.